The Morgan fingerprint density at radius 2 is 2.32 bits per heavy atom. The first-order valence-corrected chi connectivity index (χ1v) is 8.20. The van der Waals surface area contributed by atoms with Crippen LogP contribution in [0.3, 0.4) is 0 Å². The van der Waals surface area contributed by atoms with E-state index in [-0.39, 0.29) is 17.9 Å². The van der Waals surface area contributed by atoms with Crippen molar-refractivity contribution in [2.24, 2.45) is 5.92 Å². The van der Waals surface area contributed by atoms with E-state index in [1.807, 2.05) is 0 Å². The molecule has 0 spiro atoms. The molecule has 0 radical (unpaired) electrons. The van der Waals surface area contributed by atoms with E-state index < -0.39 is 0 Å². The zero-order valence-corrected chi connectivity index (χ0v) is 13.7. The van der Waals surface area contributed by atoms with Gasteiger partial charge in [-0.05, 0) is 18.1 Å². The minimum atomic E-state index is -0.0324. The number of hydrogen-bond acceptors (Lipinski definition) is 6. The van der Waals surface area contributed by atoms with Crippen LogP contribution in [0.4, 0.5) is 0 Å². The zero-order valence-electron chi connectivity index (χ0n) is 13.7. The molecule has 0 aliphatic carbocycles. The van der Waals surface area contributed by atoms with Gasteiger partial charge in [-0.1, -0.05) is 13.3 Å². The molecule has 3 aromatic heterocycles. The van der Waals surface area contributed by atoms with Crippen molar-refractivity contribution in [2.75, 3.05) is 6.61 Å². The second-order valence-corrected chi connectivity index (χ2v) is 6.12. The third kappa shape index (κ3) is 2.59. The number of ether oxygens (including phenoxy) is 1. The van der Waals surface area contributed by atoms with Crippen molar-refractivity contribution in [3.8, 4) is 5.88 Å². The highest BCUT2D eigenvalue weighted by Gasteiger charge is 2.31. The van der Waals surface area contributed by atoms with Crippen molar-refractivity contribution in [3.05, 3.63) is 30.2 Å². The fourth-order valence-electron chi connectivity index (χ4n) is 3.34. The molecule has 2 unspecified atom stereocenters. The summed E-state index contributed by atoms with van der Waals surface area (Å²) in [6.07, 6.45) is 5.21. The van der Waals surface area contributed by atoms with Gasteiger partial charge >= 0.3 is 0 Å². The molecule has 0 bridgehead atoms. The van der Waals surface area contributed by atoms with Crippen LogP contribution >= 0.6 is 0 Å². The number of nitrogens with one attached hydrogen (secondary N) is 1. The molecule has 0 saturated carbocycles. The van der Waals surface area contributed by atoms with Crippen LogP contribution in [-0.2, 0) is 4.79 Å². The highest BCUT2D eigenvalue weighted by molar-refractivity contribution is 5.94. The predicted octanol–water partition coefficient (Wildman–Crippen LogP) is 1.38. The Hall–Kier alpha value is -3.03. The minimum Gasteiger partial charge on any atom is -0.474 e. The molecule has 1 fully saturated rings. The van der Waals surface area contributed by atoms with Crippen LogP contribution in [-0.4, -0.2) is 44.4 Å². The first-order valence-electron chi connectivity index (χ1n) is 8.20. The molecule has 1 N–H and O–H groups in total. The second-order valence-electron chi connectivity index (χ2n) is 6.12. The SMILES string of the molecule is CCC1CC(=O)NC1COc1nccc2cc(C=O)c3ncnn3c12. The fraction of sp³-hybridized carbons (Fsp3) is 0.353. The van der Waals surface area contributed by atoms with E-state index in [1.165, 1.54) is 6.33 Å². The molecule has 1 amide bonds. The first kappa shape index (κ1) is 15.5. The number of carbonyl (C=O) groups excluding carboxylic acids is 2. The third-order valence-electron chi connectivity index (χ3n) is 4.66. The summed E-state index contributed by atoms with van der Waals surface area (Å²) in [5.74, 6) is 0.720. The van der Waals surface area contributed by atoms with E-state index in [9.17, 15) is 9.59 Å². The average Bonchev–Trinajstić information content (AvgIpc) is 3.25. The summed E-state index contributed by atoms with van der Waals surface area (Å²) in [4.78, 5) is 31.3. The first-order chi connectivity index (χ1) is 12.2. The lowest BCUT2D eigenvalue weighted by Crippen LogP contribution is -2.34. The molecule has 128 valence electrons. The van der Waals surface area contributed by atoms with Crippen molar-refractivity contribution in [1.29, 1.82) is 0 Å². The Bertz CT molecular complexity index is 967. The molecule has 1 aliphatic heterocycles. The lowest BCUT2D eigenvalue weighted by atomic mass is 9.98. The van der Waals surface area contributed by atoms with Crippen LogP contribution < -0.4 is 10.1 Å². The maximum atomic E-state index is 11.6. The summed E-state index contributed by atoms with van der Waals surface area (Å²) in [5.41, 5.74) is 1.56. The monoisotopic (exact) mass is 339 g/mol. The summed E-state index contributed by atoms with van der Waals surface area (Å²) in [7, 11) is 0. The molecule has 0 aromatic carbocycles. The van der Waals surface area contributed by atoms with E-state index in [4.69, 9.17) is 4.74 Å². The topological polar surface area (TPSA) is 98.5 Å². The van der Waals surface area contributed by atoms with Gasteiger partial charge in [0.2, 0.25) is 11.8 Å². The number of fused-ring (bicyclic) bond motifs is 3. The Kier molecular flexibility index (Phi) is 3.79. The number of rotatable bonds is 5. The van der Waals surface area contributed by atoms with Gasteiger partial charge in [0.05, 0.1) is 11.6 Å². The van der Waals surface area contributed by atoms with Gasteiger partial charge in [0.25, 0.3) is 0 Å². The molecule has 1 saturated heterocycles. The van der Waals surface area contributed by atoms with Gasteiger partial charge in [-0.2, -0.15) is 5.10 Å². The van der Waals surface area contributed by atoms with Gasteiger partial charge in [-0.3, -0.25) is 9.59 Å². The maximum Gasteiger partial charge on any atom is 0.240 e. The maximum absolute atomic E-state index is 11.6. The summed E-state index contributed by atoms with van der Waals surface area (Å²) in [5, 5.41) is 7.93. The highest BCUT2D eigenvalue weighted by atomic mass is 16.5. The normalized spacial score (nSPS) is 20.1. The van der Waals surface area contributed by atoms with Crippen LogP contribution in [0.1, 0.15) is 30.1 Å². The number of nitrogens with zero attached hydrogens (tertiary/aromatic N) is 4. The Balaban J connectivity index is 1.72. The largest absolute Gasteiger partial charge is 0.474 e. The van der Waals surface area contributed by atoms with E-state index in [0.717, 1.165) is 18.1 Å². The van der Waals surface area contributed by atoms with Crippen LogP contribution in [0.25, 0.3) is 16.6 Å². The van der Waals surface area contributed by atoms with Gasteiger partial charge in [0.1, 0.15) is 18.5 Å². The van der Waals surface area contributed by atoms with Crippen molar-refractivity contribution >= 4 is 28.7 Å². The van der Waals surface area contributed by atoms with E-state index >= 15 is 0 Å². The van der Waals surface area contributed by atoms with E-state index in [0.29, 0.717) is 35.6 Å². The van der Waals surface area contributed by atoms with Crippen LogP contribution in [0.15, 0.2) is 24.7 Å². The number of aromatic nitrogens is 4. The second kappa shape index (κ2) is 6.12. The number of hydrogen-bond donors (Lipinski definition) is 1. The zero-order chi connectivity index (χ0) is 17.4. The highest BCUT2D eigenvalue weighted by Crippen LogP contribution is 2.27. The number of aldehydes is 1. The fourth-order valence-corrected chi connectivity index (χ4v) is 3.34. The predicted molar refractivity (Wildman–Crippen MR) is 89.5 cm³/mol. The standard InChI is InChI=1S/C17H17N5O3/c1-2-10-6-14(24)21-13(10)8-25-17-15-11(3-4-18-17)5-12(7-23)16-19-9-20-22(15)16/h3-5,7,9-10,13H,2,6,8H2,1H3,(H,21,24). The number of pyridine rings is 2. The summed E-state index contributed by atoms with van der Waals surface area (Å²) >= 11 is 0. The van der Waals surface area contributed by atoms with Crippen LogP contribution in [0.5, 0.6) is 5.88 Å². The minimum absolute atomic E-state index is 0.0324. The molecule has 1 aliphatic rings. The van der Waals surface area contributed by atoms with Crippen LogP contribution in [0, 0.1) is 5.92 Å². The third-order valence-corrected chi connectivity index (χ3v) is 4.66. The molecular weight excluding hydrogens is 322 g/mol. The molecule has 25 heavy (non-hydrogen) atoms. The van der Waals surface area contributed by atoms with Crippen molar-refractivity contribution in [1.82, 2.24) is 24.9 Å². The molecular formula is C17H17N5O3. The summed E-state index contributed by atoms with van der Waals surface area (Å²) < 4.78 is 7.49. The Morgan fingerprint density at radius 1 is 1.44 bits per heavy atom. The van der Waals surface area contributed by atoms with Crippen molar-refractivity contribution in [2.45, 2.75) is 25.8 Å². The molecule has 8 heteroatoms. The number of carbonyl (C=O) groups is 2. The van der Waals surface area contributed by atoms with Gasteiger partial charge < -0.3 is 10.1 Å². The number of amides is 1. The van der Waals surface area contributed by atoms with E-state index in [2.05, 4.69) is 27.3 Å². The van der Waals surface area contributed by atoms with Gasteiger partial charge in [0, 0.05) is 18.0 Å². The smallest absolute Gasteiger partial charge is 0.240 e. The lowest BCUT2D eigenvalue weighted by molar-refractivity contribution is -0.119. The van der Waals surface area contributed by atoms with Crippen molar-refractivity contribution in [3.63, 3.8) is 0 Å². The summed E-state index contributed by atoms with van der Waals surface area (Å²) in [6, 6.07) is 3.50. The van der Waals surface area contributed by atoms with Gasteiger partial charge in [0.15, 0.2) is 11.9 Å². The van der Waals surface area contributed by atoms with Crippen LogP contribution in [0.2, 0.25) is 0 Å². The lowest BCUT2D eigenvalue weighted by Gasteiger charge is -2.18. The Labute approximate surface area is 143 Å². The van der Waals surface area contributed by atoms with Gasteiger partial charge in [-0.25, -0.2) is 14.5 Å². The molecule has 8 nitrogen and oxygen atoms in total. The quantitative estimate of drug-likeness (QED) is 0.705. The summed E-state index contributed by atoms with van der Waals surface area (Å²) in [6.45, 7) is 2.40. The molecule has 3 aromatic rings. The molecule has 4 heterocycles. The van der Waals surface area contributed by atoms with Crippen molar-refractivity contribution < 1.29 is 14.3 Å². The molecule has 2 atom stereocenters. The Morgan fingerprint density at radius 3 is 3.12 bits per heavy atom. The molecule has 4 rings (SSSR count). The average molecular weight is 339 g/mol. The van der Waals surface area contributed by atoms with E-state index in [1.54, 1.807) is 22.8 Å². The van der Waals surface area contributed by atoms with Gasteiger partial charge in [-0.15, -0.1) is 0 Å².